The van der Waals surface area contributed by atoms with Crippen molar-refractivity contribution in [3.8, 4) is 0 Å². The van der Waals surface area contributed by atoms with Crippen LogP contribution in [0.15, 0.2) is 30.3 Å². The van der Waals surface area contributed by atoms with E-state index in [1.165, 1.54) is 69.1 Å². The van der Waals surface area contributed by atoms with Crippen molar-refractivity contribution in [1.29, 1.82) is 0 Å². The zero-order chi connectivity index (χ0) is 38.2. The van der Waals surface area contributed by atoms with Crippen LogP contribution in [0.3, 0.4) is 0 Å². The third-order valence-electron chi connectivity index (χ3n) is 10.3. The molecule has 1 saturated heterocycles. The molecular weight excluding hydrogens is 660 g/mol. The summed E-state index contributed by atoms with van der Waals surface area (Å²) in [6.45, 7) is 3.96. The Bertz CT molecular complexity index is 1130. The van der Waals surface area contributed by atoms with Gasteiger partial charge in [-0.25, -0.2) is 0 Å². The molecule has 11 heteroatoms. The van der Waals surface area contributed by atoms with Crippen molar-refractivity contribution in [1.82, 2.24) is 10.2 Å². The van der Waals surface area contributed by atoms with Crippen molar-refractivity contribution < 1.29 is 34.4 Å². The van der Waals surface area contributed by atoms with Crippen LogP contribution in [0.1, 0.15) is 154 Å². The molecule has 1 fully saturated rings. The van der Waals surface area contributed by atoms with Gasteiger partial charge in [0.2, 0.25) is 17.7 Å². The van der Waals surface area contributed by atoms with Gasteiger partial charge in [0.25, 0.3) is 0 Å². The van der Waals surface area contributed by atoms with Crippen molar-refractivity contribution in [3.05, 3.63) is 35.9 Å². The third-order valence-corrected chi connectivity index (χ3v) is 10.3. The molecule has 1 aliphatic rings. The number of aliphatic hydroxyl groups is 3. The number of ether oxygens (including phenoxy) is 1. The molecule has 0 spiro atoms. The molecule has 0 bridgehead atoms. The fourth-order valence-electron chi connectivity index (χ4n) is 7.07. The number of amides is 2. The number of hydrogen-bond donors (Lipinski definition) is 6. The fraction of sp³-hybridized carbons (Fsp3) is 0.780. The van der Waals surface area contributed by atoms with Crippen molar-refractivity contribution in [3.63, 3.8) is 0 Å². The number of ketones is 1. The maximum Gasteiger partial charge on any atom is 0.248 e. The summed E-state index contributed by atoms with van der Waals surface area (Å²) in [5.41, 5.74) is 13.2. The zero-order valence-electron chi connectivity index (χ0n) is 32.3. The summed E-state index contributed by atoms with van der Waals surface area (Å²) in [4.78, 5) is 42.6. The molecule has 0 unspecified atom stereocenters. The largest absolute Gasteiger partial charge is 0.394 e. The van der Waals surface area contributed by atoms with Crippen molar-refractivity contribution in [2.75, 3.05) is 13.2 Å². The standard InChI is InChI=1S/C41H72N4O7/c1-3-5-7-9-11-13-15-17-19-24-28-45(36(48)27-23-18-16-14-12-10-8-6-4-2)41(30-34(47)39(50)35(31-46)52-41)44-40(51)37(43)38(49)33(42)29-32-25-21-20-22-26-32/h20-22,25-26,33-35,37,39,46-47,50H,3-19,23-24,27-31,42-43H2,1-2H3,(H,44,51)/t33-,34+,35+,37-,39-,41-/m0/s1. The Hall–Kier alpha value is -2.41. The average Bonchev–Trinajstić information content (AvgIpc) is 3.14. The second-order valence-corrected chi connectivity index (χ2v) is 14.9. The number of nitrogens with one attached hydrogen (secondary N) is 1. The molecule has 1 aromatic rings. The van der Waals surface area contributed by atoms with Crippen LogP contribution in [0.25, 0.3) is 0 Å². The second kappa shape index (κ2) is 26.4. The number of carbonyl (C=O) groups excluding carboxylic acids is 3. The topological polar surface area (TPSA) is 188 Å². The summed E-state index contributed by atoms with van der Waals surface area (Å²) in [6, 6.07) is 6.43. The Morgan fingerprint density at radius 3 is 1.83 bits per heavy atom. The number of Topliss-reactive ketones (excluding diaryl/α,β-unsaturated/α-hetero) is 1. The lowest BCUT2D eigenvalue weighted by atomic mass is 9.95. The predicted molar refractivity (Wildman–Crippen MR) is 206 cm³/mol. The molecule has 0 saturated carbocycles. The van der Waals surface area contributed by atoms with E-state index in [1.807, 2.05) is 30.3 Å². The summed E-state index contributed by atoms with van der Waals surface area (Å²) in [5, 5.41) is 34.5. The summed E-state index contributed by atoms with van der Waals surface area (Å²) in [6.07, 6.45) is 16.5. The molecule has 1 aromatic carbocycles. The van der Waals surface area contributed by atoms with Crippen LogP contribution < -0.4 is 16.8 Å². The highest BCUT2D eigenvalue weighted by atomic mass is 16.6. The van der Waals surface area contributed by atoms with E-state index in [0.717, 1.165) is 50.5 Å². The molecular formula is C41H72N4O7. The van der Waals surface area contributed by atoms with Crippen LogP contribution in [-0.2, 0) is 25.5 Å². The van der Waals surface area contributed by atoms with E-state index in [0.29, 0.717) is 12.8 Å². The van der Waals surface area contributed by atoms with Gasteiger partial charge in [-0.05, 0) is 24.8 Å². The lowest BCUT2D eigenvalue weighted by Crippen LogP contribution is -2.73. The Labute approximate surface area is 313 Å². The lowest BCUT2D eigenvalue weighted by Gasteiger charge is -2.51. The molecule has 52 heavy (non-hydrogen) atoms. The van der Waals surface area contributed by atoms with Gasteiger partial charge >= 0.3 is 0 Å². The van der Waals surface area contributed by atoms with Gasteiger partial charge in [-0.2, -0.15) is 0 Å². The summed E-state index contributed by atoms with van der Waals surface area (Å²) >= 11 is 0. The van der Waals surface area contributed by atoms with Gasteiger partial charge in [-0.15, -0.1) is 0 Å². The fourth-order valence-corrected chi connectivity index (χ4v) is 7.07. The van der Waals surface area contributed by atoms with Crippen molar-refractivity contribution in [2.45, 2.75) is 191 Å². The smallest absolute Gasteiger partial charge is 0.248 e. The first-order chi connectivity index (χ1) is 25.1. The highest BCUT2D eigenvalue weighted by Crippen LogP contribution is 2.32. The first-order valence-corrected chi connectivity index (χ1v) is 20.5. The molecule has 0 aromatic heterocycles. The molecule has 8 N–H and O–H groups in total. The van der Waals surface area contributed by atoms with E-state index in [2.05, 4.69) is 19.2 Å². The summed E-state index contributed by atoms with van der Waals surface area (Å²) in [7, 11) is 0. The maximum atomic E-state index is 14.1. The summed E-state index contributed by atoms with van der Waals surface area (Å²) < 4.78 is 6.19. The number of carbonyl (C=O) groups is 3. The molecule has 1 heterocycles. The average molecular weight is 733 g/mol. The Morgan fingerprint density at radius 1 is 0.808 bits per heavy atom. The predicted octanol–water partition coefficient (Wildman–Crippen LogP) is 5.40. The van der Waals surface area contributed by atoms with E-state index in [9.17, 15) is 29.7 Å². The second-order valence-electron chi connectivity index (χ2n) is 14.9. The molecule has 2 rings (SSSR count). The number of nitrogens with two attached hydrogens (primary N) is 2. The monoisotopic (exact) mass is 733 g/mol. The van der Waals surface area contributed by atoms with Crippen LogP contribution in [0, 0.1) is 0 Å². The Kier molecular flexibility index (Phi) is 23.2. The summed E-state index contributed by atoms with van der Waals surface area (Å²) in [5.74, 6) is -3.83. The van der Waals surface area contributed by atoms with Gasteiger partial charge in [0.15, 0.2) is 5.78 Å². The van der Waals surface area contributed by atoms with Crippen LogP contribution in [0.2, 0.25) is 0 Å². The van der Waals surface area contributed by atoms with Gasteiger partial charge in [0, 0.05) is 19.4 Å². The number of rotatable bonds is 29. The molecule has 0 radical (unpaired) electrons. The van der Waals surface area contributed by atoms with Gasteiger partial charge < -0.3 is 36.8 Å². The molecule has 11 nitrogen and oxygen atoms in total. The van der Waals surface area contributed by atoms with E-state index in [4.69, 9.17) is 16.2 Å². The van der Waals surface area contributed by atoms with Gasteiger partial charge in [-0.1, -0.05) is 153 Å². The molecule has 6 atom stereocenters. The zero-order valence-corrected chi connectivity index (χ0v) is 32.3. The molecule has 1 aliphatic heterocycles. The highest BCUT2D eigenvalue weighted by Gasteiger charge is 2.52. The minimum absolute atomic E-state index is 0.182. The number of benzene rings is 1. The Balaban J connectivity index is 2.20. The van der Waals surface area contributed by atoms with Crippen LogP contribution in [-0.4, -0.2) is 87.2 Å². The SMILES string of the molecule is CCCCCCCCCCCCN(C(=O)CCCCCCCCCCC)[C@@]1(NC(=O)[C@@H](N)C(=O)[C@@H](N)Cc2ccccc2)C[C@@H](O)[C@H](O)[C@@H](CO)O1. The third kappa shape index (κ3) is 16.3. The van der Waals surface area contributed by atoms with E-state index >= 15 is 0 Å². The molecule has 2 amide bonds. The lowest BCUT2D eigenvalue weighted by molar-refractivity contribution is -0.280. The number of nitrogens with zero attached hydrogens (tertiary/aromatic N) is 1. The van der Waals surface area contributed by atoms with Gasteiger partial charge in [0.1, 0.15) is 18.2 Å². The first kappa shape index (κ1) is 45.7. The van der Waals surface area contributed by atoms with Crippen molar-refractivity contribution >= 4 is 17.6 Å². The number of aliphatic hydroxyl groups excluding tert-OH is 3. The number of unbranched alkanes of at least 4 members (excludes halogenated alkanes) is 17. The molecule has 298 valence electrons. The quantitative estimate of drug-likeness (QED) is 0.0356. The van der Waals surface area contributed by atoms with Crippen LogP contribution in [0.4, 0.5) is 0 Å². The molecule has 0 aliphatic carbocycles. The van der Waals surface area contributed by atoms with Gasteiger partial charge in [-0.3, -0.25) is 19.3 Å². The Morgan fingerprint density at radius 2 is 1.31 bits per heavy atom. The van der Waals surface area contributed by atoms with Crippen molar-refractivity contribution in [2.24, 2.45) is 11.5 Å². The van der Waals surface area contributed by atoms with E-state index in [-0.39, 0.29) is 31.7 Å². The first-order valence-electron chi connectivity index (χ1n) is 20.5. The maximum absolute atomic E-state index is 14.1. The van der Waals surface area contributed by atoms with Gasteiger partial charge in [0.05, 0.1) is 18.8 Å². The number of hydrogen-bond acceptors (Lipinski definition) is 9. The van der Waals surface area contributed by atoms with E-state index < -0.39 is 54.5 Å². The highest BCUT2D eigenvalue weighted by molar-refractivity contribution is 6.07. The minimum atomic E-state index is -1.94. The van der Waals surface area contributed by atoms with Crippen LogP contribution >= 0.6 is 0 Å². The minimum Gasteiger partial charge on any atom is -0.394 e. The normalized spacial score (nSPS) is 21.4. The van der Waals surface area contributed by atoms with Crippen LogP contribution in [0.5, 0.6) is 0 Å². The van der Waals surface area contributed by atoms with E-state index in [1.54, 1.807) is 0 Å².